The number of amides is 2. The Balaban J connectivity index is 0.00000196. The zero-order valence-corrected chi connectivity index (χ0v) is 15.3. The van der Waals surface area contributed by atoms with E-state index in [4.69, 9.17) is 15.2 Å². The van der Waals surface area contributed by atoms with Crippen molar-refractivity contribution in [1.82, 2.24) is 5.32 Å². The molecule has 142 valence electrons. The Morgan fingerprint density at radius 1 is 1.27 bits per heavy atom. The third-order valence-corrected chi connectivity index (χ3v) is 5.07. The Labute approximate surface area is 158 Å². The maximum Gasteiger partial charge on any atom is 0.227 e. The monoisotopic (exact) mass is 381 g/mol. The van der Waals surface area contributed by atoms with Gasteiger partial charge in [0.1, 0.15) is 13.2 Å². The quantitative estimate of drug-likeness (QED) is 0.796. The SMILES string of the molecule is Cl.NC(CNC(=O)C1CC(=O)N(c2ccc3c(c2)OCCO3)C1)C1CC1. The van der Waals surface area contributed by atoms with Crippen LogP contribution in [0.1, 0.15) is 19.3 Å². The minimum absolute atomic E-state index is 0. The van der Waals surface area contributed by atoms with Crippen LogP contribution in [-0.2, 0) is 9.59 Å². The van der Waals surface area contributed by atoms with Crippen LogP contribution >= 0.6 is 12.4 Å². The van der Waals surface area contributed by atoms with Gasteiger partial charge in [0.05, 0.1) is 5.92 Å². The minimum Gasteiger partial charge on any atom is -0.486 e. The molecule has 1 aromatic carbocycles. The second-order valence-electron chi connectivity index (χ2n) is 6.98. The Bertz CT molecular complexity index is 695. The molecule has 2 atom stereocenters. The molecule has 1 aromatic rings. The number of halogens is 1. The first-order chi connectivity index (χ1) is 12.1. The number of fused-ring (bicyclic) bond motifs is 1. The number of benzene rings is 1. The molecule has 2 unspecified atom stereocenters. The number of nitrogens with two attached hydrogens (primary N) is 1. The zero-order chi connectivity index (χ0) is 17.4. The third-order valence-electron chi connectivity index (χ3n) is 5.07. The van der Waals surface area contributed by atoms with Crippen molar-refractivity contribution in [3.63, 3.8) is 0 Å². The first-order valence-corrected chi connectivity index (χ1v) is 8.85. The van der Waals surface area contributed by atoms with E-state index in [1.807, 2.05) is 6.07 Å². The molecule has 3 N–H and O–H groups in total. The van der Waals surface area contributed by atoms with Gasteiger partial charge in [-0.2, -0.15) is 0 Å². The third kappa shape index (κ3) is 3.88. The first-order valence-electron chi connectivity index (χ1n) is 8.85. The van der Waals surface area contributed by atoms with Crippen molar-refractivity contribution < 1.29 is 19.1 Å². The summed E-state index contributed by atoms with van der Waals surface area (Å²) >= 11 is 0. The summed E-state index contributed by atoms with van der Waals surface area (Å²) in [5.74, 6) is 1.38. The normalized spacial score (nSPS) is 22.6. The van der Waals surface area contributed by atoms with Crippen molar-refractivity contribution in [2.24, 2.45) is 17.6 Å². The lowest BCUT2D eigenvalue weighted by atomic mass is 10.1. The fourth-order valence-electron chi connectivity index (χ4n) is 3.39. The van der Waals surface area contributed by atoms with Crippen LogP contribution in [0.2, 0.25) is 0 Å². The van der Waals surface area contributed by atoms with Crippen molar-refractivity contribution in [2.75, 3.05) is 31.2 Å². The van der Waals surface area contributed by atoms with Crippen molar-refractivity contribution in [3.05, 3.63) is 18.2 Å². The predicted octanol–water partition coefficient (Wildman–Crippen LogP) is 1.09. The molecule has 0 bridgehead atoms. The van der Waals surface area contributed by atoms with E-state index in [0.29, 0.717) is 43.7 Å². The fourth-order valence-corrected chi connectivity index (χ4v) is 3.39. The maximum absolute atomic E-state index is 12.4. The molecule has 1 saturated carbocycles. The number of carbonyl (C=O) groups is 2. The highest BCUT2D eigenvalue weighted by molar-refractivity contribution is 6.00. The van der Waals surface area contributed by atoms with Gasteiger partial charge in [-0.25, -0.2) is 0 Å². The van der Waals surface area contributed by atoms with E-state index < -0.39 is 0 Å². The maximum atomic E-state index is 12.4. The van der Waals surface area contributed by atoms with Crippen LogP contribution in [0.15, 0.2) is 18.2 Å². The van der Waals surface area contributed by atoms with Crippen LogP contribution in [0.25, 0.3) is 0 Å². The average Bonchev–Trinajstić information content (AvgIpc) is 3.41. The number of hydrogen-bond donors (Lipinski definition) is 2. The Kier molecular flexibility index (Phi) is 5.58. The number of nitrogens with one attached hydrogen (secondary N) is 1. The summed E-state index contributed by atoms with van der Waals surface area (Å²) in [6.45, 7) is 1.89. The van der Waals surface area contributed by atoms with E-state index in [-0.39, 0.29) is 42.6 Å². The van der Waals surface area contributed by atoms with Crippen LogP contribution in [0, 0.1) is 11.8 Å². The molecule has 4 rings (SSSR count). The van der Waals surface area contributed by atoms with Crippen LogP contribution in [0.5, 0.6) is 11.5 Å². The topological polar surface area (TPSA) is 93.9 Å². The molecule has 1 saturated heterocycles. The number of hydrogen-bond acceptors (Lipinski definition) is 5. The number of anilines is 1. The largest absolute Gasteiger partial charge is 0.486 e. The number of ether oxygens (including phenoxy) is 2. The highest BCUT2D eigenvalue weighted by atomic mass is 35.5. The number of carbonyl (C=O) groups excluding carboxylic acids is 2. The van der Waals surface area contributed by atoms with Gasteiger partial charge in [-0.1, -0.05) is 0 Å². The van der Waals surface area contributed by atoms with Crippen LogP contribution in [0.4, 0.5) is 5.69 Å². The lowest BCUT2D eigenvalue weighted by molar-refractivity contribution is -0.126. The minimum atomic E-state index is -0.341. The second-order valence-corrected chi connectivity index (χ2v) is 6.98. The molecule has 2 amide bonds. The summed E-state index contributed by atoms with van der Waals surface area (Å²) in [7, 11) is 0. The molecule has 2 fully saturated rings. The first kappa shape index (κ1) is 18.8. The van der Waals surface area contributed by atoms with Gasteiger partial charge in [0, 0.05) is 37.3 Å². The molecule has 0 spiro atoms. The molecule has 26 heavy (non-hydrogen) atoms. The predicted molar refractivity (Wildman–Crippen MR) is 98.8 cm³/mol. The Hall–Kier alpha value is -1.99. The summed E-state index contributed by atoms with van der Waals surface area (Å²) in [6.07, 6.45) is 2.52. The fraction of sp³-hybridized carbons (Fsp3) is 0.556. The summed E-state index contributed by atoms with van der Waals surface area (Å²) in [4.78, 5) is 26.4. The Morgan fingerprint density at radius 2 is 2.00 bits per heavy atom. The standard InChI is InChI=1S/C18H23N3O4.ClH/c19-14(11-1-2-11)9-20-18(23)12-7-17(22)21(10-12)13-3-4-15-16(8-13)25-6-5-24-15;/h3-4,8,11-12,14H,1-2,5-7,9-10,19H2,(H,20,23);1H. The van der Waals surface area contributed by atoms with E-state index >= 15 is 0 Å². The van der Waals surface area contributed by atoms with Crippen LogP contribution in [0.3, 0.4) is 0 Å². The highest BCUT2D eigenvalue weighted by Crippen LogP contribution is 2.36. The summed E-state index contributed by atoms with van der Waals surface area (Å²) < 4.78 is 11.1. The molecular formula is C18H24ClN3O4. The van der Waals surface area contributed by atoms with Gasteiger partial charge in [0.2, 0.25) is 11.8 Å². The molecule has 0 radical (unpaired) electrons. The van der Waals surface area contributed by atoms with Crippen LogP contribution < -0.4 is 25.4 Å². The summed E-state index contributed by atoms with van der Waals surface area (Å²) in [5.41, 5.74) is 6.75. The summed E-state index contributed by atoms with van der Waals surface area (Å²) in [5, 5.41) is 2.90. The van der Waals surface area contributed by atoms with Gasteiger partial charge >= 0.3 is 0 Å². The lowest BCUT2D eigenvalue weighted by Gasteiger charge is -2.22. The van der Waals surface area contributed by atoms with Crippen molar-refractivity contribution in [3.8, 4) is 11.5 Å². The van der Waals surface area contributed by atoms with Gasteiger partial charge in [0.15, 0.2) is 11.5 Å². The molecule has 8 heteroatoms. The molecule has 3 aliphatic rings. The number of nitrogens with zero attached hydrogens (tertiary/aromatic N) is 1. The lowest BCUT2D eigenvalue weighted by Crippen LogP contribution is -2.41. The molecule has 2 heterocycles. The van der Waals surface area contributed by atoms with Gasteiger partial charge in [0.25, 0.3) is 0 Å². The van der Waals surface area contributed by atoms with Gasteiger partial charge in [-0.3, -0.25) is 9.59 Å². The molecule has 1 aliphatic carbocycles. The van der Waals surface area contributed by atoms with E-state index in [1.54, 1.807) is 17.0 Å². The van der Waals surface area contributed by atoms with Crippen molar-refractivity contribution in [2.45, 2.75) is 25.3 Å². The molecule has 7 nitrogen and oxygen atoms in total. The van der Waals surface area contributed by atoms with Gasteiger partial charge in [-0.15, -0.1) is 12.4 Å². The van der Waals surface area contributed by atoms with E-state index in [9.17, 15) is 9.59 Å². The van der Waals surface area contributed by atoms with Crippen molar-refractivity contribution in [1.29, 1.82) is 0 Å². The van der Waals surface area contributed by atoms with E-state index in [2.05, 4.69) is 5.32 Å². The van der Waals surface area contributed by atoms with Crippen LogP contribution in [-0.4, -0.2) is 44.2 Å². The Morgan fingerprint density at radius 3 is 2.73 bits per heavy atom. The van der Waals surface area contributed by atoms with Crippen molar-refractivity contribution >= 4 is 29.9 Å². The molecular weight excluding hydrogens is 358 g/mol. The average molecular weight is 382 g/mol. The second kappa shape index (κ2) is 7.72. The van der Waals surface area contributed by atoms with E-state index in [0.717, 1.165) is 18.5 Å². The van der Waals surface area contributed by atoms with E-state index in [1.165, 1.54) is 0 Å². The highest BCUT2D eigenvalue weighted by Gasteiger charge is 2.36. The number of rotatable bonds is 5. The smallest absolute Gasteiger partial charge is 0.227 e. The van der Waals surface area contributed by atoms with Gasteiger partial charge < -0.3 is 25.4 Å². The molecule has 2 aliphatic heterocycles. The van der Waals surface area contributed by atoms with Gasteiger partial charge in [-0.05, 0) is 30.9 Å². The zero-order valence-electron chi connectivity index (χ0n) is 14.5. The summed E-state index contributed by atoms with van der Waals surface area (Å²) in [6, 6.07) is 5.46. The molecule has 0 aromatic heterocycles.